The monoisotopic (exact) mass is 329 g/mol. The van der Waals surface area contributed by atoms with Crippen molar-refractivity contribution in [3.63, 3.8) is 0 Å². The van der Waals surface area contributed by atoms with E-state index in [9.17, 15) is 8.42 Å². The maximum absolute atomic E-state index is 12.0. The molecule has 0 N–H and O–H groups in total. The molecule has 122 valence electrons. The van der Waals surface area contributed by atoms with Crippen molar-refractivity contribution in [3.05, 3.63) is 71.8 Å². The van der Waals surface area contributed by atoms with Crippen LogP contribution in [0.3, 0.4) is 0 Å². The predicted molar refractivity (Wildman–Crippen MR) is 94.2 cm³/mol. The van der Waals surface area contributed by atoms with E-state index in [1.54, 1.807) is 0 Å². The molecule has 0 aromatic heterocycles. The van der Waals surface area contributed by atoms with Gasteiger partial charge in [0.25, 0.3) is 0 Å². The maximum atomic E-state index is 12.0. The molecule has 1 fully saturated rings. The first kappa shape index (κ1) is 16.2. The Labute approximate surface area is 138 Å². The van der Waals surface area contributed by atoms with Crippen LogP contribution in [0.4, 0.5) is 0 Å². The molecule has 1 aliphatic rings. The topological polar surface area (TPSA) is 37.4 Å². The highest BCUT2D eigenvalue weighted by Crippen LogP contribution is 2.32. The SMILES string of the molecule is CS(=O)(=O)[C@H]1CCCN(C(c2ccccc2)c2ccccc2)C1. The van der Waals surface area contributed by atoms with E-state index in [1.807, 2.05) is 36.4 Å². The van der Waals surface area contributed by atoms with Crippen molar-refractivity contribution in [1.29, 1.82) is 0 Å². The Kier molecular flexibility index (Phi) is 4.83. The average Bonchev–Trinajstić information content (AvgIpc) is 2.57. The van der Waals surface area contributed by atoms with Gasteiger partial charge in [-0.2, -0.15) is 0 Å². The van der Waals surface area contributed by atoms with E-state index >= 15 is 0 Å². The second-order valence-electron chi connectivity index (χ2n) is 6.31. The van der Waals surface area contributed by atoms with E-state index in [4.69, 9.17) is 0 Å². The number of hydrogen-bond acceptors (Lipinski definition) is 3. The van der Waals surface area contributed by atoms with Crippen LogP contribution in [0.5, 0.6) is 0 Å². The fourth-order valence-corrected chi connectivity index (χ4v) is 4.49. The standard InChI is InChI=1S/C19H23NO2S/c1-23(21,22)18-13-8-14-20(15-18)19(16-9-4-2-5-10-16)17-11-6-3-7-12-17/h2-7,9-12,18-19H,8,13-15H2,1H3/t18-/m0/s1. The lowest BCUT2D eigenvalue weighted by molar-refractivity contribution is 0.189. The first-order valence-corrected chi connectivity index (χ1v) is 10.0. The second-order valence-corrected chi connectivity index (χ2v) is 8.64. The molecule has 0 amide bonds. The van der Waals surface area contributed by atoms with E-state index in [0.717, 1.165) is 19.4 Å². The van der Waals surface area contributed by atoms with Crippen molar-refractivity contribution in [3.8, 4) is 0 Å². The summed E-state index contributed by atoms with van der Waals surface area (Å²) >= 11 is 0. The van der Waals surface area contributed by atoms with Crippen LogP contribution >= 0.6 is 0 Å². The zero-order chi connectivity index (χ0) is 16.3. The van der Waals surface area contributed by atoms with E-state index in [0.29, 0.717) is 6.54 Å². The lowest BCUT2D eigenvalue weighted by atomic mass is 9.95. The number of sulfone groups is 1. The summed E-state index contributed by atoms with van der Waals surface area (Å²) in [6, 6.07) is 20.8. The van der Waals surface area contributed by atoms with Gasteiger partial charge < -0.3 is 0 Å². The van der Waals surface area contributed by atoms with Crippen LogP contribution in [-0.2, 0) is 9.84 Å². The third-order valence-electron chi connectivity index (χ3n) is 4.61. The maximum Gasteiger partial charge on any atom is 0.151 e. The highest BCUT2D eigenvalue weighted by molar-refractivity contribution is 7.91. The van der Waals surface area contributed by atoms with Crippen LogP contribution in [0, 0.1) is 0 Å². The zero-order valence-corrected chi connectivity index (χ0v) is 14.2. The van der Waals surface area contributed by atoms with Crippen molar-refractivity contribution in [2.45, 2.75) is 24.1 Å². The van der Waals surface area contributed by atoms with E-state index in [-0.39, 0.29) is 11.3 Å². The molecule has 0 radical (unpaired) electrons. The molecule has 0 spiro atoms. The average molecular weight is 329 g/mol. The quantitative estimate of drug-likeness (QED) is 0.864. The van der Waals surface area contributed by atoms with Gasteiger partial charge in [-0.3, -0.25) is 4.90 Å². The van der Waals surface area contributed by atoms with Gasteiger partial charge >= 0.3 is 0 Å². The minimum atomic E-state index is -3.00. The molecule has 1 aliphatic heterocycles. The van der Waals surface area contributed by atoms with Crippen molar-refractivity contribution in [2.24, 2.45) is 0 Å². The molecular formula is C19H23NO2S. The number of likely N-dealkylation sites (tertiary alicyclic amines) is 1. The Morgan fingerprint density at radius 2 is 1.48 bits per heavy atom. The first-order valence-electron chi connectivity index (χ1n) is 8.08. The summed E-state index contributed by atoms with van der Waals surface area (Å²) < 4.78 is 24.0. The Morgan fingerprint density at radius 3 is 1.96 bits per heavy atom. The zero-order valence-electron chi connectivity index (χ0n) is 13.4. The van der Waals surface area contributed by atoms with Gasteiger partial charge in [-0.05, 0) is 30.5 Å². The number of nitrogens with zero attached hydrogens (tertiary/aromatic N) is 1. The minimum Gasteiger partial charge on any atom is -0.291 e. The lowest BCUT2D eigenvalue weighted by Gasteiger charge is -2.38. The molecule has 4 heteroatoms. The predicted octanol–water partition coefficient (Wildman–Crippen LogP) is 3.29. The Balaban J connectivity index is 1.96. The van der Waals surface area contributed by atoms with Gasteiger partial charge in [-0.1, -0.05) is 60.7 Å². The van der Waals surface area contributed by atoms with Gasteiger partial charge in [0, 0.05) is 12.8 Å². The van der Waals surface area contributed by atoms with Gasteiger partial charge in [-0.15, -0.1) is 0 Å². The van der Waals surface area contributed by atoms with Crippen molar-refractivity contribution in [2.75, 3.05) is 19.3 Å². The van der Waals surface area contributed by atoms with Crippen molar-refractivity contribution < 1.29 is 8.42 Å². The number of rotatable bonds is 4. The van der Waals surface area contributed by atoms with Crippen LogP contribution in [0.1, 0.15) is 30.0 Å². The smallest absolute Gasteiger partial charge is 0.151 e. The van der Waals surface area contributed by atoms with Crippen LogP contribution in [-0.4, -0.2) is 37.9 Å². The third-order valence-corrected chi connectivity index (χ3v) is 6.21. The molecule has 23 heavy (non-hydrogen) atoms. The molecule has 1 saturated heterocycles. The van der Waals surface area contributed by atoms with Crippen molar-refractivity contribution >= 4 is 9.84 Å². The van der Waals surface area contributed by atoms with E-state index < -0.39 is 9.84 Å². The van der Waals surface area contributed by atoms with Crippen LogP contribution < -0.4 is 0 Å². The van der Waals surface area contributed by atoms with Gasteiger partial charge in [0.05, 0.1) is 11.3 Å². The second kappa shape index (κ2) is 6.85. The Bertz CT molecular complexity index is 689. The summed E-state index contributed by atoms with van der Waals surface area (Å²) in [7, 11) is -3.00. The Morgan fingerprint density at radius 1 is 0.957 bits per heavy atom. The highest BCUT2D eigenvalue weighted by atomic mass is 32.2. The molecule has 1 atom stereocenters. The van der Waals surface area contributed by atoms with Crippen LogP contribution in [0.2, 0.25) is 0 Å². The highest BCUT2D eigenvalue weighted by Gasteiger charge is 2.32. The fraction of sp³-hybridized carbons (Fsp3) is 0.368. The minimum absolute atomic E-state index is 0.113. The lowest BCUT2D eigenvalue weighted by Crippen LogP contribution is -2.44. The van der Waals surface area contributed by atoms with Gasteiger partial charge in [0.15, 0.2) is 9.84 Å². The molecule has 0 unspecified atom stereocenters. The summed E-state index contributed by atoms with van der Waals surface area (Å²) in [5.41, 5.74) is 2.43. The molecule has 0 aliphatic carbocycles. The molecule has 0 bridgehead atoms. The van der Waals surface area contributed by atoms with E-state index in [1.165, 1.54) is 17.4 Å². The van der Waals surface area contributed by atoms with Crippen molar-refractivity contribution in [1.82, 2.24) is 4.90 Å². The Hall–Kier alpha value is -1.65. The summed E-state index contributed by atoms with van der Waals surface area (Å²) in [6.07, 6.45) is 3.06. The molecule has 0 saturated carbocycles. The number of hydrogen-bond donors (Lipinski definition) is 0. The molecular weight excluding hydrogens is 306 g/mol. The summed E-state index contributed by atoms with van der Waals surface area (Å²) in [5, 5.41) is -0.258. The molecule has 3 nitrogen and oxygen atoms in total. The summed E-state index contributed by atoms with van der Waals surface area (Å²) in [6.45, 7) is 1.54. The fourth-order valence-electron chi connectivity index (χ4n) is 3.43. The third kappa shape index (κ3) is 3.82. The first-order chi connectivity index (χ1) is 11.1. The van der Waals surface area contributed by atoms with Crippen LogP contribution in [0.15, 0.2) is 60.7 Å². The van der Waals surface area contributed by atoms with E-state index in [2.05, 4.69) is 29.2 Å². The van der Waals surface area contributed by atoms with Crippen LogP contribution in [0.25, 0.3) is 0 Å². The number of piperidine rings is 1. The van der Waals surface area contributed by atoms with Gasteiger partial charge in [-0.25, -0.2) is 8.42 Å². The van der Waals surface area contributed by atoms with Gasteiger partial charge in [0.1, 0.15) is 0 Å². The van der Waals surface area contributed by atoms with Gasteiger partial charge in [0.2, 0.25) is 0 Å². The molecule has 1 heterocycles. The molecule has 2 aromatic rings. The molecule has 3 rings (SSSR count). The molecule has 2 aromatic carbocycles. The largest absolute Gasteiger partial charge is 0.291 e. The number of benzene rings is 2. The summed E-state index contributed by atoms with van der Waals surface area (Å²) in [5.74, 6) is 0. The normalized spacial score (nSPS) is 19.8. The summed E-state index contributed by atoms with van der Waals surface area (Å²) in [4.78, 5) is 2.32.